The van der Waals surface area contributed by atoms with Crippen LogP contribution in [0.1, 0.15) is 259 Å². The largest absolute Gasteiger partial charge is 0.454 e. The minimum Gasteiger partial charge on any atom is -0.454 e. The van der Waals surface area contributed by atoms with E-state index in [1.165, 1.54) is 211 Å². The van der Waals surface area contributed by atoms with Crippen molar-refractivity contribution in [2.45, 2.75) is 318 Å². The molecule has 14 aromatic rings. The Morgan fingerprint density at radius 3 is 1.10 bits per heavy atom. The van der Waals surface area contributed by atoms with Gasteiger partial charge in [-0.1, -0.05) is 162 Å². The van der Waals surface area contributed by atoms with E-state index in [9.17, 15) is 0 Å². The highest BCUT2D eigenvalue weighted by Gasteiger charge is 2.65. The van der Waals surface area contributed by atoms with Crippen LogP contribution < -0.4 is 24.5 Å². The Balaban J connectivity index is 0.0000000995. The van der Waals surface area contributed by atoms with Gasteiger partial charge in [0.1, 0.15) is 17.0 Å². The van der Waals surface area contributed by atoms with Crippen LogP contribution in [0, 0.1) is 81.0 Å². The fourth-order valence-electron chi connectivity index (χ4n) is 29.5. The minimum atomic E-state index is 0.127. The zero-order chi connectivity index (χ0) is 87.8. The molecule has 12 heterocycles. The van der Waals surface area contributed by atoms with Crippen LogP contribution in [0.2, 0.25) is 0 Å². The first-order chi connectivity index (χ1) is 60.3. The van der Waals surface area contributed by atoms with Gasteiger partial charge in [0.15, 0.2) is 22.3 Å². The van der Waals surface area contributed by atoms with Crippen LogP contribution in [0.5, 0.6) is 0 Å². The molecule has 4 bridgehead atoms. The SMILES string of the molecule is Cc1ccc2c(oc3ccccc32)c1N1C(C)C(C)CC1(C)C.Cc1ccc2c(oc3ccccc32)c1N1C(C)C2(CCCCC2)CC1(C)C.Cc1ccc2c(oc3ncccc32)c1N1C(C)C(C)CC1(C)C.Cc1ccc2c(oc3ncccc32)c1N1C(C)C2(CCCCC2)CC1(C)C.Cc1ccccc1N1c2ncccc2C2(C3CC4CC(C3)CC2C4)C1C. The molecule has 7 atom stereocenters. The van der Waals surface area contributed by atoms with Gasteiger partial charge in [0.2, 0.25) is 11.4 Å². The summed E-state index contributed by atoms with van der Waals surface area (Å²) >= 11 is 0. The smallest absolute Gasteiger partial charge is 0.227 e. The summed E-state index contributed by atoms with van der Waals surface area (Å²) in [6.07, 6.45) is 31.7. The fraction of sp³-hybridized carbons (Fsp3) is 0.500. The number of para-hydroxylation sites is 3. The highest BCUT2D eigenvalue weighted by atomic mass is 16.3. The van der Waals surface area contributed by atoms with Crippen molar-refractivity contribution in [1.29, 1.82) is 0 Å². The quantitative estimate of drug-likeness (QED) is 0.164. The van der Waals surface area contributed by atoms with E-state index in [4.69, 9.17) is 22.7 Å². The van der Waals surface area contributed by atoms with E-state index in [2.05, 4.69) is 312 Å². The van der Waals surface area contributed by atoms with Gasteiger partial charge in [-0.25, -0.2) is 15.0 Å². The van der Waals surface area contributed by atoms with Crippen molar-refractivity contribution in [2.24, 2.45) is 46.3 Å². The number of hydrogen-bond acceptors (Lipinski definition) is 12. The number of pyridine rings is 3. The second kappa shape index (κ2) is 31.3. The van der Waals surface area contributed by atoms with Crippen LogP contribution >= 0.6 is 0 Å². The van der Waals surface area contributed by atoms with E-state index >= 15 is 0 Å². The number of nitrogens with zero attached hydrogens (tertiary/aromatic N) is 8. The Morgan fingerprint density at radius 2 is 0.690 bits per heavy atom. The number of furan rings is 4. The van der Waals surface area contributed by atoms with Crippen LogP contribution in [0.25, 0.3) is 88.0 Å². The van der Waals surface area contributed by atoms with Crippen molar-refractivity contribution >= 4 is 122 Å². The highest BCUT2D eigenvalue weighted by Crippen LogP contribution is 2.69. The van der Waals surface area contributed by atoms with Gasteiger partial charge in [0, 0.05) is 131 Å². The van der Waals surface area contributed by atoms with E-state index in [0.717, 1.165) is 84.8 Å². The predicted molar refractivity (Wildman–Crippen MR) is 527 cm³/mol. The molecule has 11 aliphatic rings. The molecule has 7 aromatic carbocycles. The van der Waals surface area contributed by atoms with E-state index in [1.54, 1.807) is 11.8 Å². The van der Waals surface area contributed by atoms with Gasteiger partial charge in [-0.15, -0.1) is 0 Å². The molecule has 10 fully saturated rings. The van der Waals surface area contributed by atoms with Gasteiger partial charge in [-0.2, -0.15) is 0 Å². The number of benzene rings is 7. The van der Waals surface area contributed by atoms with Gasteiger partial charge >= 0.3 is 0 Å². The molecule has 658 valence electrons. The molecule has 12 heteroatoms. The average Bonchev–Trinajstić information content (AvgIpc) is 1.52. The molecule has 25 rings (SSSR count). The standard InChI is InChI=1S/C25H31NO.C24H30N2O.C24H28N2.C21H25NO.C20H24N2O/c1-17-12-13-20-19-10-6-7-11-21(19)27-23(20)22(17)26-18(2)25(16-24(26,3)4)14-8-5-9-15-25;1-16-10-11-18-19-9-8-14-25-22(19)27-21(18)20(16)26-17(2)24(15-23(26,3)4)12-6-5-7-13-24;1-15-6-3-4-8-22(15)26-16(2)24(21-7-5-9-25-23(21)26)19-11-17-10-18(13-19)14-20(24)12-17;1-13-10-11-17-16-8-6-7-9-18(16)23-20(17)19(13)22-15(3)14(2)12-21(22,4)5;1-12-8-9-15-16-7-6-10-21-19(16)23-18(15)17(12)22-14(3)13(2)11-20(22,4)5/h6-7,10-13,18H,5,8-9,14-16H2,1-4H3;8-11,14,17H,5-7,12-13,15H2,1-4H3;3-9,16-20H,10-14H2,1-2H3;6-11,14-15H,12H2,1-5H3;6-10,13-14H,11H2,1-5H3. The Labute approximate surface area is 749 Å². The normalized spacial score (nSPS) is 27.3. The van der Waals surface area contributed by atoms with Crippen LogP contribution in [0.15, 0.2) is 194 Å². The molecule has 5 aliphatic heterocycles. The third-order valence-electron chi connectivity index (χ3n) is 34.5. The summed E-state index contributed by atoms with van der Waals surface area (Å²) in [5, 5.41) is 9.48. The van der Waals surface area contributed by atoms with Crippen molar-refractivity contribution in [3.63, 3.8) is 0 Å². The van der Waals surface area contributed by atoms with Gasteiger partial charge in [-0.05, 0) is 331 Å². The summed E-state index contributed by atoms with van der Waals surface area (Å²) in [7, 11) is 0. The lowest BCUT2D eigenvalue weighted by Gasteiger charge is -2.62. The van der Waals surface area contributed by atoms with Gasteiger partial charge in [-0.3, -0.25) is 0 Å². The topological polar surface area (TPSA) is 107 Å². The van der Waals surface area contributed by atoms with E-state index < -0.39 is 0 Å². The minimum absolute atomic E-state index is 0.127. The molecule has 12 nitrogen and oxygen atoms in total. The molecule has 6 aliphatic carbocycles. The summed E-state index contributed by atoms with van der Waals surface area (Å²) < 4.78 is 25.3. The molecule has 0 radical (unpaired) electrons. The van der Waals surface area contributed by atoms with E-state index in [0.29, 0.717) is 58.3 Å². The molecule has 126 heavy (non-hydrogen) atoms. The summed E-state index contributed by atoms with van der Waals surface area (Å²) in [4.78, 5) is 27.0. The second-order valence-corrected chi connectivity index (χ2v) is 44.1. The molecule has 4 saturated heterocycles. The third-order valence-corrected chi connectivity index (χ3v) is 34.5. The second-order valence-electron chi connectivity index (χ2n) is 44.1. The first kappa shape index (κ1) is 84.4. The Kier molecular flexibility index (Phi) is 20.9. The first-order valence-electron chi connectivity index (χ1n) is 48.7. The number of rotatable bonds is 5. The number of anilines is 6. The lowest BCUT2D eigenvalue weighted by Crippen LogP contribution is -2.60. The maximum absolute atomic E-state index is 6.45. The van der Waals surface area contributed by atoms with Crippen molar-refractivity contribution < 1.29 is 17.7 Å². The maximum Gasteiger partial charge on any atom is 0.227 e. The van der Waals surface area contributed by atoms with E-state index in [-0.39, 0.29) is 22.2 Å². The molecule has 7 unspecified atom stereocenters. The van der Waals surface area contributed by atoms with Crippen LogP contribution in [0.3, 0.4) is 0 Å². The van der Waals surface area contributed by atoms with Gasteiger partial charge in [0.25, 0.3) is 0 Å². The molecule has 6 saturated carbocycles. The summed E-state index contributed by atoms with van der Waals surface area (Å²) in [5.41, 5.74) is 23.9. The van der Waals surface area contributed by atoms with Gasteiger partial charge < -0.3 is 42.2 Å². The highest BCUT2D eigenvalue weighted by molar-refractivity contribution is 6.12. The monoisotopic (exact) mass is 1680 g/mol. The first-order valence-corrected chi connectivity index (χ1v) is 48.7. The van der Waals surface area contributed by atoms with Crippen LogP contribution in [-0.2, 0) is 5.41 Å². The maximum atomic E-state index is 6.45. The van der Waals surface area contributed by atoms with Crippen molar-refractivity contribution in [1.82, 2.24) is 15.0 Å². The van der Waals surface area contributed by atoms with Crippen molar-refractivity contribution in [2.75, 3.05) is 24.5 Å². The zero-order valence-electron chi connectivity index (χ0n) is 79.2. The van der Waals surface area contributed by atoms with Crippen molar-refractivity contribution in [3.05, 3.63) is 210 Å². The molecular weight excluding hydrogens is 1550 g/mol. The Bertz CT molecular complexity index is 6130. The molecule has 3 spiro atoms. The lowest BCUT2D eigenvalue weighted by atomic mass is 9.43. The predicted octanol–water partition coefficient (Wildman–Crippen LogP) is 30.7. The Hall–Kier alpha value is -9.81. The molecular formula is C114H138N8O4. The zero-order valence-corrected chi connectivity index (χ0v) is 79.2. The van der Waals surface area contributed by atoms with Crippen LogP contribution in [0.4, 0.5) is 34.3 Å². The lowest BCUT2D eigenvalue weighted by molar-refractivity contribution is -0.0654. The van der Waals surface area contributed by atoms with Crippen LogP contribution in [-0.4, -0.2) is 67.3 Å². The summed E-state index contributed by atoms with van der Waals surface area (Å²) in [5.74, 6) is 6.30. The molecule has 0 amide bonds. The Morgan fingerprint density at radius 1 is 0.325 bits per heavy atom. The van der Waals surface area contributed by atoms with E-state index in [1.807, 2.05) is 30.6 Å². The summed E-state index contributed by atoms with van der Waals surface area (Å²) in [6, 6.07) is 58.8. The molecule has 7 aromatic heterocycles. The summed E-state index contributed by atoms with van der Waals surface area (Å²) in [6.45, 7) is 47.0. The van der Waals surface area contributed by atoms with Crippen molar-refractivity contribution in [3.8, 4) is 0 Å². The average molecular weight is 1680 g/mol. The third kappa shape index (κ3) is 13.4. The van der Waals surface area contributed by atoms with Gasteiger partial charge in [0.05, 0.1) is 22.7 Å². The number of aryl methyl sites for hydroxylation is 5. The molecule has 0 N–H and O–H groups in total. The number of fused-ring (bicyclic) bond motifs is 13. The number of aromatic nitrogens is 3. The number of hydrogen-bond donors (Lipinski definition) is 0. The fourth-order valence-corrected chi connectivity index (χ4v) is 29.5.